The molecule has 0 fully saturated rings. The monoisotopic (exact) mass is 367 g/mol. The van der Waals surface area contributed by atoms with E-state index in [0.717, 1.165) is 10.7 Å². The van der Waals surface area contributed by atoms with E-state index in [9.17, 15) is 8.42 Å². The molecular weight excluding hydrogens is 348 g/mol. The van der Waals surface area contributed by atoms with E-state index >= 15 is 0 Å². The second-order valence-corrected chi connectivity index (χ2v) is 8.16. The molecule has 1 aromatic carbocycles. The van der Waals surface area contributed by atoms with Crippen molar-refractivity contribution in [2.45, 2.75) is 20.3 Å². The first-order valence-electron chi connectivity index (χ1n) is 7.29. The van der Waals surface area contributed by atoms with Crippen molar-refractivity contribution in [3.8, 4) is 0 Å². The van der Waals surface area contributed by atoms with E-state index in [1.807, 2.05) is 32.0 Å². The van der Waals surface area contributed by atoms with Crippen molar-refractivity contribution in [1.82, 2.24) is 10.2 Å². The second-order valence-electron chi connectivity index (χ2n) is 5.25. The van der Waals surface area contributed by atoms with Crippen LogP contribution in [0.1, 0.15) is 18.4 Å². The van der Waals surface area contributed by atoms with Gasteiger partial charge in [0.1, 0.15) is 5.01 Å². The highest BCUT2D eigenvalue weighted by Crippen LogP contribution is 2.38. The van der Waals surface area contributed by atoms with Crippen LogP contribution in [-0.2, 0) is 10.0 Å². The molecule has 0 aliphatic rings. The van der Waals surface area contributed by atoms with Gasteiger partial charge >= 0.3 is 0 Å². The van der Waals surface area contributed by atoms with E-state index < -0.39 is 10.0 Å². The standard InChI is InChI=1S/C14H19N6O2S2/c1-5-8-24(21,22)19-13-9-11(20(3)4)6-7-12(13)16-18-14-17-15-10(2)23-14/h6-7,9H,5,8H2,1-4H3/q-1. The Morgan fingerprint density at radius 1 is 1.25 bits per heavy atom. The summed E-state index contributed by atoms with van der Waals surface area (Å²) in [5.41, 5.74) is 1.46. The van der Waals surface area contributed by atoms with E-state index in [1.54, 1.807) is 19.1 Å². The first-order valence-corrected chi connectivity index (χ1v) is 9.72. The van der Waals surface area contributed by atoms with Crippen LogP contribution in [0.25, 0.3) is 4.72 Å². The van der Waals surface area contributed by atoms with Crippen LogP contribution in [0.5, 0.6) is 0 Å². The van der Waals surface area contributed by atoms with Gasteiger partial charge < -0.3 is 9.62 Å². The third kappa shape index (κ3) is 4.96. The van der Waals surface area contributed by atoms with Crippen LogP contribution in [0.15, 0.2) is 28.4 Å². The fraction of sp³-hybridized carbons (Fsp3) is 0.429. The van der Waals surface area contributed by atoms with Crippen molar-refractivity contribution < 1.29 is 8.42 Å². The number of sulfonamides is 1. The van der Waals surface area contributed by atoms with Crippen LogP contribution in [0.2, 0.25) is 0 Å². The second kappa shape index (κ2) is 7.67. The molecule has 0 saturated carbocycles. The fourth-order valence-electron chi connectivity index (χ4n) is 1.82. The number of benzene rings is 1. The van der Waals surface area contributed by atoms with E-state index in [0.29, 0.717) is 17.2 Å². The Bertz CT molecular complexity index is 830. The number of hydrogen-bond donors (Lipinski definition) is 0. The van der Waals surface area contributed by atoms with E-state index in [1.165, 1.54) is 11.3 Å². The molecule has 10 heteroatoms. The van der Waals surface area contributed by atoms with Crippen molar-refractivity contribution in [3.05, 3.63) is 27.9 Å². The van der Waals surface area contributed by atoms with Gasteiger partial charge in [-0.05, 0) is 25.5 Å². The topological polar surface area (TPSA) is 102 Å². The predicted octanol–water partition coefficient (Wildman–Crippen LogP) is 4.07. The van der Waals surface area contributed by atoms with Crippen LogP contribution in [0.3, 0.4) is 0 Å². The molecule has 2 rings (SSSR count). The van der Waals surface area contributed by atoms with Gasteiger partial charge in [-0.15, -0.1) is 20.4 Å². The first-order chi connectivity index (χ1) is 11.3. The lowest BCUT2D eigenvalue weighted by molar-refractivity contribution is 0.602. The maximum absolute atomic E-state index is 12.0. The number of nitrogens with zero attached hydrogens (tertiary/aromatic N) is 6. The van der Waals surface area contributed by atoms with Gasteiger partial charge in [0.05, 0.1) is 15.7 Å². The minimum Gasteiger partial charge on any atom is -0.575 e. The predicted molar refractivity (Wildman–Crippen MR) is 96.7 cm³/mol. The molecule has 0 amide bonds. The largest absolute Gasteiger partial charge is 0.575 e. The van der Waals surface area contributed by atoms with E-state index in [-0.39, 0.29) is 11.4 Å². The van der Waals surface area contributed by atoms with E-state index in [4.69, 9.17) is 0 Å². The summed E-state index contributed by atoms with van der Waals surface area (Å²) in [6, 6.07) is 5.19. The zero-order valence-electron chi connectivity index (χ0n) is 14.0. The third-order valence-corrected chi connectivity index (χ3v) is 5.06. The molecule has 0 spiro atoms. The molecule has 0 bridgehead atoms. The summed E-state index contributed by atoms with van der Waals surface area (Å²) in [7, 11) is 0.183. The Balaban J connectivity index is 2.37. The number of hydrogen-bond acceptors (Lipinski definition) is 8. The molecule has 0 aliphatic carbocycles. The van der Waals surface area contributed by atoms with Gasteiger partial charge in [-0.2, -0.15) is 0 Å². The van der Waals surface area contributed by atoms with Crippen molar-refractivity contribution in [3.63, 3.8) is 0 Å². The van der Waals surface area contributed by atoms with Crippen LogP contribution in [-0.4, -0.2) is 38.5 Å². The average Bonchev–Trinajstić information content (AvgIpc) is 2.90. The first kappa shape index (κ1) is 18.3. The van der Waals surface area contributed by atoms with Gasteiger partial charge in [0.15, 0.2) is 0 Å². The Hall–Kier alpha value is -2.07. The Kier molecular flexibility index (Phi) is 5.84. The van der Waals surface area contributed by atoms with Crippen molar-refractivity contribution >= 4 is 43.6 Å². The highest BCUT2D eigenvalue weighted by molar-refractivity contribution is 7.94. The smallest absolute Gasteiger partial charge is 0.251 e. The number of anilines is 1. The maximum atomic E-state index is 12.0. The number of azo groups is 1. The van der Waals surface area contributed by atoms with Crippen LogP contribution < -0.4 is 4.90 Å². The minimum absolute atomic E-state index is 0.00856. The highest BCUT2D eigenvalue weighted by Gasteiger charge is 2.05. The zero-order chi connectivity index (χ0) is 17.7. The van der Waals surface area contributed by atoms with Crippen molar-refractivity contribution in [1.29, 1.82) is 0 Å². The van der Waals surface area contributed by atoms with Gasteiger partial charge in [-0.1, -0.05) is 30.0 Å². The SMILES string of the molecule is CCCS(=O)(=O)[N-]c1cc(N(C)C)ccc1N=Nc1nnc(C)s1. The summed E-state index contributed by atoms with van der Waals surface area (Å²) >= 11 is 1.30. The molecule has 0 N–H and O–H groups in total. The summed E-state index contributed by atoms with van der Waals surface area (Å²) < 4.78 is 28.0. The molecule has 1 aromatic heterocycles. The quantitative estimate of drug-likeness (QED) is 0.686. The maximum Gasteiger partial charge on any atom is 0.251 e. The van der Waals surface area contributed by atoms with Crippen LogP contribution >= 0.6 is 11.3 Å². The molecule has 0 saturated heterocycles. The number of aromatic nitrogens is 2. The molecule has 0 radical (unpaired) electrons. The molecule has 0 aliphatic heterocycles. The van der Waals surface area contributed by atoms with E-state index in [2.05, 4.69) is 25.1 Å². The van der Waals surface area contributed by atoms with Gasteiger partial charge in [-0.25, -0.2) is 8.42 Å². The Morgan fingerprint density at radius 2 is 2.00 bits per heavy atom. The fourth-order valence-corrected chi connectivity index (χ4v) is 3.39. The lowest BCUT2D eigenvalue weighted by atomic mass is 10.2. The Labute approximate surface area is 145 Å². The summed E-state index contributed by atoms with van der Waals surface area (Å²) in [6.45, 7) is 3.61. The van der Waals surface area contributed by atoms with Gasteiger partial charge in [0, 0.05) is 25.5 Å². The number of rotatable bonds is 7. The normalized spacial score (nSPS) is 11.8. The molecule has 0 unspecified atom stereocenters. The summed E-state index contributed by atoms with van der Waals surface area (Å²) in [5, 5.41) is 17.0. The molecule has 24 heavy (non-hydrogen) atoms. The van der Waals surface area contributed by atoms with Crippen LogP contribution in [0, 0.1) is 6.92 Å². The third-order valence-electron chi connectivity index (χ3n) is 2.93. The molecule has 8 nitrogen and oxygen atoms in total. The zero-order valence-corrected chi connectivity index (χ0v) is 15.6. The summed E-state index contributed by atoms with van der Waals surface area (Å²) in [6.07, 6.45) is 0.500. The molecular formula is C14H19N6O2S2-. The summed E-state index contributed by atoms with van der Waals surface area (Å²) in [5.74, 6) is -0.00856. The minimum atomic E-state index is -3.55. The van der Waals surface area contributed by atoms with Gasteiger partial charge in [-0.3, -0.25) is 0 Å². The molecule has 2 aromatic rings. The van der Waals surface area contributed by atoms with Gasteiger partial charge in [0.25, 0.3) is 5.13 Å². The molecule has 130 valence electrons. The van der Waals surface area contributed by atoms with Crippen LogP contribution in [0.4, 0.5) is 22.2 Å². The summed E-state index contributed by atoms with van der Waals surface area (Å²) in [4.78, 5) is 1.86. The van der Waals surface area contributed by atoms with Gasteiger partial charge in [0.2, 0.25) is 0 Å². The lowest BCUT2D eigenvalue weighted by Crippen LogP contribution is -2.08. The lowest BCUT2D eigenvalue weighted by Gasteiger charge is -2.25. The highest BCUT2D eigenvalue weighted by atomic mass is 32.2. The molecule has 0 atom stereocenters. The van der Waals surface area contributed by atoms with Crippen molar-refractivity contribution in [2.75, 3.05) is 24.7 Å². The van der Waals surface area contributed by atoms with Crippen molar-refractivity contribution in [2.24, 2.45) is 10.2 Å². The number of aryl methyl sites for hydroxylation is 1. The molecule has 1 heterocycles. The average molecular weight is 367 g/mol. The Morgan fingerprint density at radius 3 is 2.58 bits per heavy atom.